The van der Waals surface area contributed by atoms with E-state index < -0.39 is 18.0 Å². The van der Waals surface area contributed by atoms with E-state index in [1.807, 2.05) is 6.92 Å². The minimum absolute atomic E-state index is 0.0975. The fraction of sp³-hybridized carbons (Fsp3) is 0.750. The smallest absolute Gasteiger partial charge is 0.326 e. The first kappa shape index (κ1) is 15.3. The number of amides is 2. The fourth-order valence-corrected chi connectivity index (χ4v) is 2.18. The first-order chi connectivity index (χ1) is 8.91. The number of carbonyl (C=O) groups is 3. The number of nitrogens with zero attached hydrogens (tertiary/aromatic N) is 1. The summed E-state index contributed by atoms with van der Waals surface area (Å²) in [5.74, 6) is -2.10. The zero-order chi connectivity index (χ0) is 14.4. The van der Waals surface area contributed by atoms with Crippen molar-refractivity contribution in [2.24, 2.45) is 0 Å². The number of rotatable bonds is 6. The summed E-state index contributed by atoms with van der Waals surface area (Å²) >= 11 is 0. The van der Waals surface area contributed by atoms with Crippen molar-refractivity contribution in [1.29, 1.82) is 0 Å². The number of urea groups is 1. The summed E-state index contributed by atoms with van der Waals surface area (Å²) in [5.41, 5.74) is 0. The Morgan fingerprint density at radius 1 is 1.37 bits per heavy atom. The predicted molar refractivity (Wildman–Crippen MR) is 66.8 cm³/mol. The third-order valence-corrected chi connectivity index (χ3v) is 3.29. The van der Waals surface area contributed by atoms with Crippen LogP contribution in [0, 0.1) is 0 Å². The molecule has 1 unspecified atom stereocenters. The van der Waals surface area contributed by atoms with Crippen molar-refractivity contribution < 1.29 is 24.6 Å². The molecule has 1 saturated heterocycles. The summed E-state index contributed by atoms with van der Waals surface area (Å²) in [6.45, 7) is 2.56. The van der Waals surface area contributed by atoms with E-state index >= 15 is 0 Å². The van der Waals surface area contributed by atoms with Crippen LogP contribution in [0.5, 0.6) is 0 Å². The molecule has 1 rings (SSSR count). The van der Waals surface area contributed by atoms with Gasteiger partial charge in [-0.3, -0.25) is 4.79 Å². The molecular weight excluding hydrogens is 252 g/mol. The van der Waals surface area contributed by atoms with Crippen molar-refractivity contribution in [3.8, 4) is 0 Å². The van der Waals surface area contributed by atoms with Crippen LogP contribution in [0.1, 0.15) is 39.0 Å². The maximum Gasteiger partial charge on any atom is 0.326 e. The Bertz CT molecular complexity index is 358. The monoisotopic (exact) mass is 272 g/mol. The third kappa shape index (κ3) is 4.76. The molecule has 0 aromatic rings. The second kappa shape index (κ2) is 6.96. The van der Waals surface area contributed by atoms with E-state index in [0.717, 1.165) is 12.8 Å². The molecule has 19 heavy (non-hydrogen) atoms. The molecule has 3 N–H and O–H groups in total. The molecule has 0 aromatic carbocycles. The largest absolute Gasteiger partial charge is 0.481 e. The SMILES string of the molecule is CC1CCCN1C(=O)N[C@H](CCCC(=O)O)C(=O)O. The maximum atomic E-state index is 11.9. The van der Waals surface area contributed by atoms with E-state index in [-0.39, 0.29) is 31.3 Å². The Labute approximate surface area is 111 Å². The number of hydrogen-bond donors (Lipinski definition) is 3. The zero-order valence-corrected chi connectivity index (χ0v) is 11.0. The molecule has 0 bridgehead atoms. The number of carbonyl (C=O) groups excluding carboxylic acids is 1. The highest BCUT2D eigenvalue weighted by Crippen LogP contribution is 2.16. The second-order valence-corrected chi connectivity index (χ2v) is 4.81. The van der Waals surface area contributed by atoms with Crippen LogP contribution in [-0.2, 0) is 9.59 Å². The van der Waals surface area contributed by atoms with Gasteiger partial charge in [-0.05, 0) is 32.6 Å². The molecule has 108 valence electrons. The lowest BCUT2D eigenvalue weighted by Crippen LogP contribution is -2.48. The highest BCUT2D eigenvalue weighted by atomic mass is 16.4. The molecular formula is C12H20N2O5. The van der Waals surface area contributed by atoms with Gasteiger partial charge in [0, 0.05) is 19.0 Å². The van der Waals surface area contributed by atoms with Gasteiger partial charge in [-0.15, -0.1) is 0 Å². The average Bonchev–Trinajstić information content (AvgIpc) is 2.73. The van der Waals surface area contributed by atoms with Gasteiger partial charge in [0.2, 0.25) is 0 Å². The summed E-state index contributed by atoms with van der Waals surface area (Å²) in [5, 5.41) is 20.0. The summed E-state index contributed by atoms with van der Waals surface area (Å²) < 4.78 is 0. The lowest BCUT2D eigenvalue weighted by Gasteiger charge is -2.24. The Morgan fingerprint density at radius 3 is 2.53 bits per heavy atom. The Kier molecular flexibility index (Phi) is 5.59. The maximum absolute atomic E-state index is 11.9. The Hall–Kier alpha value is -1.79. The van der Waals surface area contributed by atoms with Crippen LogP contribution in [0.15, 0.2) is 0 Å². The molecule has 0 spiro atoms. The van der Waals surface area contributed by atoms with E-state index in [1.165, 1.54) is 0 Å². The molecule has 1 fully saturated rings. The van der Waals surface area contributed by atoms with Crippen molar-refractivity contribution in [3.63, 3.8) is 0 Å². The van der Waals surface area contributed by atoms with Gasteiger partial charge in [0.05, 0.1) is 0 Å². The molecule has 2 atom stereocenters. The van der Waals surface area contributed by atoms with Crippen LogP contribution in [0.2, 0.25) is 0 Å². The lowest BCUT2D eigenvalue weighted by molar-refractivity contribution is -0.140. The molecule has 1 heterocycles. The van der Waals surface area contributed by atoms with Crippen LogP contribution in [0.4, 0.5) is 4.79 Å². The molecule has 0 aliphatic carbocycles. The van der Waals surface area contributed by atoms with Gasteiger partial charge in [-0.25, -0.2) is 9.59 Å². The minimum atomic E-state index is -1.13. The van der Waals surface area contributed by atoms with Crippen molar-refractivity contribution in [1.82, 2.24) is 10.2 Å². The third-order valence-electron chi connectivity index (χ3n) is 3.29. The van der Waals surface area contributed by atoms with E-state index in [4.69, 9.17) is 10.2 Å². The number of likely N-dealkylation sites (tertiary alicyclic amines) is 1. The molecule has 0 saturated carbocycles. The summed E-state index contributed by atoms with van der Waals surface area (Å²) in [7, 11) is 0. The van der Waals surface area contributed by atoms with Gasteiger partial charge >= 0.3 is 18.0 Å². The number of nitrogens with one attached hydrogen (secondary N) is 1. The summed E-state index contributed by atoms with van der Waals surface area (Å²) in [6.07, 6.45) is 2.09. The topological polar surface area (TPSA) is 107 Å². The van der Waals surface area contributed by atoms with E-state index in [0.29, 0.717) is 6.54 Å². The van der Waals surface area contributed by atoms with Crippen LogP contribution in [0.25, 0.3) is 0 Å². The van der Waals surface area contributed by atoms with Crippen molar-refractivity contribution in [2.45, 2.75) is 51.1 Å². The normalized spacial score (nSPS) is 20.1. The van der Waals surface area contributed by atoms with Crippen molar-refractivity contribution in [2.75, 3.05) is 6.54 Å². The highest BCUT2D eigenvalue weighted by Gasteiger charge is 2.28. The van der Waals surface area contributed by atoms with Gasteiger partial charge in [0.1, 0.15) is 6.04 Å². The van der Waals surface area contributed by atoms with Crippen molar-refractivity contribution in [3.05, 3.63) is 0 Å². The van der Waals surface area contributed by atoms with Crippen LogP contribution in [-0.4, -0.2) is 51.7 Å². The van der Waals surface area contributed by atoms with Crippen LogP contribution < -0.4 is 5.32 Å². The van der Waals surface area contributed by atoms with Crippen LogP contribution >= 0.6 is 0 Å². The fourth-order valence-electron chi connectivity index (χ4n) is 2.18. The van der Waals surface area contributed by atoms with E-state index in [1.54, 1.807) is 4.90 Å². The standard InChI is InChI=1S/C12H20N2O5/c1-8-4-3-7-14(8)12(19)13-9(11(17)18)5-2-6-10(15)16/h8-9H,2-7H2,1H3,(H,13,19)(H,15,16)(H,17,18)/t8?,9-/m1/s1. The van der Waals surface area contributed by atoms with Gasteiger partial charge in [0.25, 0.3) is 0 Å². The number of carboxylic acids is 2. The number of carboxylic acid groups (broad SMARTS) is 2. The predicted octanol–water partition coefficient (Wildman–Crippen LogP) is 0.888. The van der Waals surface area contributed by atoms with Gasteiger partial charge in [-0.2, -0.15) is 0 Å². The molecule has 0 radical (unpaired) electrons. The van der Waals surface area contributed by atoms with Crippen LogP contribution in [0.3, 0.4) is 0 Å². The molecule has 7 nitrogen and oxygen atoms in total. The number of hydrogen-bond acceptors (Lipinski definition) is 3. The molecule has 0 aromatic heterocycles. The summed E-state index contributed by atoms with van der Waals surface area (Å²) in [4.78, 5) is 34.9. The van der Waals surface area contributed by atoms with Gasteiger partial charge < -0.3 is 20.4 Å². The molecule has 1 aliphatic rings. The zero-order valence-electron chi connectivity index (χ0n) is 11.0. The summed E-state index contributed by atoms with van der Waals surface area (Å²) in [6, 6.07) is -1.29. The molecule has 1 aliphatic heterocycles. The molecule has 2 amide bonds. The quantitative estimate of drug-likeness (QED) is 0.665. The second-order valence-electron chi connectivity index (χ2n) is 4.81. The van der Waals surface area contributed by atoms with Gasteiger partial charge in [-0.1, -0.05) is 0 Å². The Balaban J connectivity index is 2.46. The minimum Gasteiger partial charge on any atom is -0.481 e. The lowest BCUT2D eigenvalue weighted by atomic mass is 10.1. The van der Waals surface area contributed by atoms with Crippen molar-refractivity contribution >= 4 is 18.0 Å². The van der Waals surface area contributed by atoms with E-state index in [2.05, 4.69) is 5.32 Å². The Morgan fingerprint density at radius 2 is 2.05 bits per heavy atom. The van der Waals surface area contributed by atoms with Gasteiger partial charge in [0.15, 0.2) is 0 Å². The average molecular weight is 272 g/mol. The first-order valence-corrected chi connectivity index (χ1v) is 6.43. The molecule has 7 heteroatoms. The highest BCUT2D eigenvalue weighted by molar-refractivity contribution is 5.82. The van der Waals surface area contributed by atoms with E-state index in [9.17, 15) is 14.4 Å². The first-order valence-electron chi connectivity index (χ1n) is 6.43. The number of aliphatic carboxylic acids is 2.